The minimum atomic E-state index is -0.419. The quantitative estimate of drug-likeness (QED) is 0.869. The maximum atomic E-state index is 13.1. The third-order valence-corrected chi connectivity index (χ3v) is 5.00. The molecule has 0 spiro atoms. The Labute approximate surface area is 153 Å². The Bertz CT molecular complexity index is 804. The Balaban J connectivity index is 1.72. The van der Waals surface area contributed by atoms with Gasteiger partial charge < -0.3 is 10.2 Å². The zero-order valence-corrected chi connectivity index (χ0v) is 15.0. The predicted octanol–water partition coefficient (Wildman–Crippen LogP) is 4.33. The van der Waals surface area contributed by atoms with Gasteiger partial charge in [-0.2, -0.15) is 0 Å². The molecular formula is C21H23FN2O2. The summed E-state index contributed by atoms with van der Waals surface area (Å²) >= 11 is 0. The minimum Gasteiger partial charge on any atom is -0.326 e. The van der Waals surface area contributed by atoms with Gasteiger partial charge in [-0.25, -0.2) is 4.39 Å². The fraction of sp³-hybridized carbons (Fsp3) is 0.333. The molecule has 2 aromatic rings. The maximum Gasteiger partial charge on any atom is 0.229 e. The average molecular weight is 354 g/mol. The van der Waals surface area contributed by atoms with E-state index < -0.39 is 5.92 Å². The van der Waals surface area contributed by atoms with Crippen LogP contribution in [0.1, 0.15) is 38.2 Å². The van der Waals surface area contributed by atoms with Crippen molar-refractivity contribution in [3.8, 4) is 0 Å². The number of benzene rings is 2. The largest absolute Gasteiger partial charge is 0.326 e. The van der Waals surface area contributed by atoms with E-state index in [0.717, 1.165) is 17.7 Å². The van der Waals surface area contributed by atoms with Crippen LogP contribution in [0.5, 0.6) is 0 Å². The molecule has 0 radical (unpaired) electrons. The van der Waals surface area contributed by atoms with Gasteiger partial charge in [0.25, 0.3) is 0 Å². The first-order valence-electron chi connectivity index (χ1n) is 8.95. The molecule has 4 nitrogen and oxygen atoms in total. The Kier molecular flexibility index (Phi) is 5.35. The van der Waals surface area contributed by atoms with Crippen LogP contribution in [-0.4, -0.2) is 18.4 Å². The zero-order valence-electron chi connectivity index (χ0n) is 15.0. The number of hydrogen-bond acceptors (Lipinski definition) is 2. The van der Waals surface area contributed by atoms with E-state index in [4.69, 9.17) is 0 Å². The highest BCUT2D eigenvalue weighted by Gasteiger charge is 2.35. The van der Waals surface area contributed by atoms with Crippen molar-refractivity contribution in [3.05, 3.63) is 59.9 Å². The number of carbonyl (C=O) groups is 2. The van der Waals surface area contributed by atoms with Gasteiger partial charge in [-0.15, -0.1) is 0 Å². The summed E-state index contributed by atoms with van der Waals surface area (Å²) in [6.07, 6.45) is 1.14. The third-order valence-electron chi connectivity index (χ3n) is 5.00. The lowest BCUT2D eigenvalue weighted by molar-refractivity contribution is -0.122. The normalized spacial score (nSPS) is 18.0. The molecule has 0 aliphatic carbocycles. The molecular weight excluding hydrogens is 331 g/mol. The van der Waals surface area contributed by atoms with Gasteiger partial charge in [-0.3, -0.25) is 9.59 Å². The Morgan fingerprint density at radius 2 is 1.92 bits per heavy atom. The lowest BCUT2D eigenvalue weighted by atomic mass is 9.96. The highest BCUT2D eigenvalue weighted by Crippen LogP contribution is 2.29. The van der Waals surface area contributed by atoms with Crippen LogP contribution >= 0.6 is 0 Å². The maximum absolute atomic E-state index is 13.1. The van der Waals surface area contributed by atoms with Crippen molar-refractivity contribution in [2.75, 3.05) is 16.8 Å². The fourth-order valence-corrected chi connectivity index (χ4v) is 3.25. The second kappa shape index (κ2) is 7.68. The molecule has 136 valence electrons. The Morgan fingerprint density at radius 3 is 2.62 bits per heavy atom. The Morgan fingerprint density at radius 1 is 1.23 bits per heavy atom. The third kappa shape index (κ3) is 3.77. The van der Waals surface area contributed by atoms with Crippen LogP contribution in [0.2, 0.25) is 0 Å². The number of halogens is 1. The van der Waals surface area contributed by atoms with Gasteiger partial charge in [-0.05, 0) is 48.2 Å². The van der Waals surface area contributed by atoms with Gasteiger partial charge in [0.05, 0.1) is 5.92 Å². The molecule has 1 aliphatic heterocycles. The summed E-state index contributed by atoms with van der Waals surface area (Å²) in [7, 11) is 0. The number of nitrogens with zero attached hydrogens (tertiary/aromatic N) is 1. The molecule has 1 saturated heterocycles. The number of nitrogens with one attached hydrogen (secondary N) is 1. The Hall–Kier alpha value is -2.69. The molecule has 1 heterocycles. The minimum absolute atomic E-state index is 0.119. The summed E-state index contributed by atoms with van der Waals surface area (Å²) < 4.78 is 13.1. The molecule has 0 aromatic heterocycles. The monoisotopic (exact) mass is 354 g/mol. The summed E-state index contributed by atoms with van der Waals surface area (Å²) in [6, 6.07) is 13.5. The van der Waals surface area contributed by atoms with Crippen LogP contribution in [0.3, 0.4) is 0 Å². The van der Waals surface area contributed by atoms with Crippen molar-refractivity contribution < 1.29 is 14.0 Å². The van der Waals surface area contributed by atoms with E-state index in [-0.39, 0.29) is 24.1 Å². The molecule has 2 amide bonds. The second-order valence-electron chi connectivity index (χ2n) is 6.77. The van der Waals surface area contributed by atoms with Crippen LogP contribution in [0.25, 0.3) is 0 Å². The van der Waals surface area contributed by atoms with Crippen molar-refractivity contribution in [3.63, 3.8) is 0 Å². The lowest BCUT2D eigenvalue weighted by Gasteiger charge is -2.18. The zero-order chi connectivity index (χ0) is 18.7. The van der Waals surface area contributed by atoms with Gasteiger partial charge in [0.15, 0.2) is 0 Å². The first-order valence-corrected chi connectivity index (χ1v) is 8.95. The number of amides is 2. The standard InChI is InChI=1S/C21H23FN2O2/c1-3-14(2)18-6-4-5-7-19(18)23-21(26)15-12-20(25)24(13-15)17-10-8-16(22)9-11-17/h4-11,14-15H,3,12-13H2,1-2H3,(H,23,26)/t14-,15+/m0/s1. The fourth-order valence-electron chi connectivity index (χ4n) is 3.25. The number of para-hydroxylation sites is 1. The number of carbonyl (C=O) groups excluding carboxylic acids is 2. The van der Waals surface area contributed by atoms with Crippen molar-refractivity contribution in [2.45, 2.75) is 32.6 Å². The van der Waals surface area contributed by atoms with Gasteiger partial charge in [0.1, 0.15) is 5.82 Å². The first kappa shape index (κ1) is 18.1. The molecule has 26 heavy (non-hydrogen) atoms. The van der Waals surface area contributed by atoms with Gasteiger partial charge >= 0.3 is 0 Å². The molecule has 1 aliphatic rings. The van der Waals surface area contributed by atoms with Crippen molar-refractivity contribution >= 4 is 23.2 Å². The predicted molar refractivity (Wildman–Crippen MR) is 101 cm³/mol. The molecule has 1 fully saturated rings. The summed E-state index contributed by atoms with van der Waals surface area (Å²) in [6.45, 7) is 4.54. The molecule has 2 atom stereocenters. The van der Waals surface area contributed by atoms with Crippen molar-refractivity contribution in [1.29, 1.82) is 0 Å². The lowest BCUT2D eigenvalue weighted by Crippen LogP contribution is -2.28. The van der Waals surface area contributed by atoms with Gasteiger partial charge in [-0.1, -0.05) is 32.0 Å². The summed E-state index contributed by atoms with van der Waals surface area (Å²) in [5.41, 5.74) is 2.52. The van der Waals surface area contributed by atoms with E-state index in [2.05, 4.69) is 19.2 Å². The van der Waals surface area contributed by atoms with E-state index in [1.807, 2.05) is 24.3 Å². The number of anilines is 2. The molecule has 0 unspecified atom stereocenters. The highest BCUT2D eigenvalue weighted by atomic mass is 19.1. The highest BCUT2D eigenvalue weighted by molar-refractivity contribution is 6.03. The number of hydrogen-bond donors (Lipinski definition) is 1. The van der Waals surface area contributed by atoms with Gasteiger partial charge in [0.2, 0.25) is 11.8 Å². The average Bonchev–Trinajstić information content (AvgIpc) is 3.04. The molecule has 0 bridgehead atoms. The van der Waals surface area contributed by atoms with Gasteiger partial charge in [0, 0.05) is 24.3 Å². The molecule has 0 saturated carbocycles. The van der Waals surface area contributed by atoms with Crippen LogP contribution in [0.4, 0.5) is 15.8 Å². The van der Waals surface area contributed by atoms with E-state index >= 15 is 0 Å². The molecule has 1 N–H and O–H groups in total. The van der Waals surface area contributed by atoms with Crippen LogP contribution in [0.15, 0.2) is 48.5 Å². The topological polar surface area (TPSA) is 49.4 Å². The SMILES string of the molecule is CC[C@H](C)c1ccccc1NC(=O)[C@@H]1CC(=O)N(c2ccc(F)cc2)C1. The smallest absolute Gasteiger partial charge is 0.229 e. The second-order valence-corrected chi connectivity index (χ2v) is 6.77. The van der Waals surface area contributed by atoms with Crippen molar-refractivity contribution in [2.24, 2.45) is 5.92 Å². The summed E-state index contributed by atoms with van der Waals surface area (Å²) in [5, 5.41) is 2.99. The van der Waals surface area contributed by atoms with E-state index in [0.29, 0.717) is 18.2 Å². The van der Waals surface area contributed by atoms with Crippen LogP contribution in [-0.2, 0) is 9.59 Å². The van der Waals surface area contributed by atoms with E-state index in [1.54, 1.807) is 17.0 Å². The van der Waals surface area contributed by atoms with E-state index in [9.17, 15) is 14.0 Å². The van der Waals surface area contributed by atoms with Crippen LogP contribution in [0, 0.1) is 11.7 Å². The molecule has 3 rings (SSSR count). The van der Waals surface area contributed by atoms with Crippen molar-refractivity contribution in [1.82, 2.24) is 0 Å². The number of rotatable bonds is 5. The first-order chi connectivity index (χ1) is 12.5. The summed E-state index contributed by atoms with van der Waals surface area (Å²) in [5.74, 6) is -0.702. The molecule has 2 aromatic carbocycles. The summed E-state index contributed by atoms with van der Waals surface area (Å²) in [4.78, 5) is 26.6. The molecule has 5 heteroatoms. The van der Waals surface area contributed by atoms with Crippen LogP contribution < -0.4 is 10.2 Å². The van der Waals surface area contributed by atoms with E-state index in [1.165, 1.54) is 12.1 Å².